The van der Waals surface area contributed by atoms with Crippen molar-refractivity contribution < 1.29 is 22.7 Å². The predicted octanol–water partition coefficient (Wildman–Crippen LogP) is 3.13. The summed E-state index contributed by atoms with van der Waals surface area (Å²) in [6, 6.07) is 14.6. The average Bonchev–Trinajstić information content (AvgIpc) is 2.79. The lowest BCUT2D eigenvalue weighted by atomic mass is 9.97. The van der Waals surface area contributed by atoms with E-state index in [4.69, 9.17) is 9.47 Å². The van der Waals surface area contributed by atoms with Gasteiger partial charge in [-0.2, -0.15) is 0 Å². The van der Waals surface area contributed by atoms with Crippen molar-refractivity contribution in [3.8, 4) is 11.5 Å². The molecule has 1 aliphatic rings. The number of hydrogen-bond acceptors (Lipinski definition) is 5. The summed E-state index contributed by atoms with van der Waals surface area (Å²) in [5.41, 5.74) is 1.79. The number of aryl methyl sites for hydroxylation is 1. The van der Waals surface area contributed by atoms with E-state index in [9.17, 15) is 13.2 Å². The highest BCUT2D eigenvalue weighted by Crippen LogP contribution is 2.23. The molecule has 0 spiro atoms. The zero-order chi connectivity index (χ0) is 23.1. The molecular formula is C24H32N2O5S. The van der Waals surface area contributed by atoms with Gasteiger partial charge in [-0.05, 0) is 62.1 Å². The van der Waals surface area contributed by atoms with Crippen LogP contribution in [0.5, 0.6) is 11.5 Å². The number of benzene rings is 2. The highest BCUT2D eigenvalue weighted by molar-refractivity contribution is 7.88. The van der Waals surface area contributed by atoms with Crippen molar-refractivity contribution in [3.63, 3.8) is 0 Å². The molecule has 1 heterocycles. The molecule has 8 heteroatoms. The van der Waals surface area contributed by atoms with Gasteiger partial charge in [-0.3, -0.25) is 4.79 Å². The number of nitrogens with zero attached hydrogens (tertiary/aromatic N) is 1. The number of methoxy groups -OCH3 is 1. The Morgan fingerprint density at radius 3 is 2.34 bits per heavy atom. The van der Waals surface area contributed by atoms with Gasteiger partial charge in [0.15, 0.2) is 0 Å². The molecule has 1 saturated heterocycles. The standard InChI is InChI=1S/C24H32N2O5S/c1-18-6-4-5-7-21(18)17-32(28,29)26-14-12-20(13-15-26)24(27)25-19(2)16-31-23-10-8-22(30-3)9-11-23/h4-11,19-20H,12-17H2,1-3H3,(H,25,27). The van der Waals surface area contributed by atoms with Gasteiger partial charge in [-0.15, -0.1) is 0 Å². The van der Waals surface area contributed by atoms with Crippen LogP contribution in [0, 0.1) is 12.8 Å². The molecule has 0 saturated carbocycles. The van der Waals surface area contributed by atoms with Crippen LogP contribution in [0.1, 0.15) is 30.9 Å². The highest BCUT2D eigenvalue weighted by Gasteiger charge is 2.31. The van der Waals surface area contributed by atoms with Gasteiger partial charge in [0.1, 0.15) is 18.1 Å². The molecular weight excluding hydrogens is 428 g/mol. The van der Waals surface area contributed by atoms with Crippen LogP contribution in [0.25, 0.3) is 0 Å². The second kappa shape index (κ2) is 10.8. The largest absolute Gasteiger partial charge is 0.497 e. The van der Waals surface area contributed by atoms with Crippen LogP contribution >= 0.6 is 0 Å². The quantitative estimate of drug-likeness (QED) is 0.622. The molecule has 3 rings (SSSR count). The number of amides is 1. The van der Waals surface area contributed by atoms with Crippen molar-refractivity contribution in [2.45, 2.75) is 38.5 Å². The number of sulfonamides is 1. The van der Waals surface area contributed by atoms with Crippen LogP contribution in [0.15, 0.2) is 48.5 Å². The normalized spacial score (nSPS) is 16.3. The highest BCUT2D eigenvalue weighted by atomic mass is 32.2. The van der Waals surface area contributed by atoms with Gasteiger partial charge in [0.25, 0.3) is 0 Å². The molecule has 1 aliphatic heterocycles. The van der Waals surface area contributed by atoms with Gasteiger partial charge < -0.3 is 14.8 Å². The first-order valence-corrected chi connectivity index (χ1v) is 12.5. The van der Waals surface area contributed by atoms with Crippen molar-refractivity contribution in [3.05, 3.63) is 59.7 Å². The Hall–Kier alpha value is -2.58. The molecule has 0 aromatic heterocycles. The maximum absolute atomic E-state index is 12.8. The molecule has 1 amide bonds. The van der Waals surface area contributed by atoms with Crippen LogP contribution in [0.3, 0.4) is 0 Å². The number of carbonyl (C=O) groups excluding carboxylic acids is 1. The van der Waals surface area contributed by atoms with Crippen molar-refractivity contribution in [1.82, 2.24) is 9.62 Å². The zero-order valence-corrected chi connectivity index (χ0v) is 19.7. The second-order valence-electron chi connectivity index (χ2n) is 8.25. The Kier molecular flexibility index (Phi) is 8.15. The lowest BCUT2D eigenvalue weighted by Gasteiger charge is -2.31. The number of piperidine rings is 1. The summed E-state index contributed by atoms with van der Waals surface area (Å²) in [6.45, 7) is 4.89. The molecule has 2 aromatic carbocycles. The molecule has 174 valence electrons. The summed E-state index contributed by atoms with van der Waals surface area (Å²) in [4.78, 5) is 12.6. The minimum absolute atomic E-state index is 0.00370. The number of rotatable bonds is 9. The van der Waals surface area contributed by atoms with Crippen molar-refractivity contribution in [2.24, 2.45) is 5.92 Å². The monoisotopic (exact) mass is 460 g/mol. The fraction of sp³-hybridized carbons (Fsp3) is 0.458. The van der Waals surface area contributed by atoms with Gasteiger partial charge in [-0.1, -0.05) is 24.3 Å². The third kappa shape index (κ3) is 6.46. The molecule has 1 atom stereocenters. The van der Waals surface area contributed by atoms with E-state index in [0.717, 1.165) is 16.9 Å². The third-order valence-corrected chi connectivity index (χ3v) is 7.59. The summed E-state index contributed by atoms with van der Waals surface area (Å²) in [6.07, 6.45) is 1.04. The molecule has 1 unspecified atom stereocenters. The Balaban J connectivity index is 1.44. The SMILES string of the molecule is COc1ccc(OCC(C)NC(=O)C2CCN(S(=O)(=O)Cc3ccccc3C)CC2)cc1. The number of ether oxygens (including phenoxy) is 2. The van der Waals surface area contributed by atoms with Crippen LogP contribution in [-0.4, -0.2) is 51.5 Å². The maximum atomic E-state index is 12.8. The Morgan fingerprint density at radius 2 is 1.72 bits per heavy atom. The molecule has 7 nitrogen and oxygen atoms in total. The van der Waals surface area contributed by atoms with E-state index in [1.807, 2.05) is 62.4 Å². The van der Waals surface area contributed by atoms with Crippen LogP contribution in [0.4, 0.5) is 0 Å². The molecule has 1 fully saturated rings. The van der Waals surface area contributed by atoms with Crippen LogP contribution in [0.2, 0.25) is 0 Å². The summed E-state index contributed by atoms with van der Waals surface area (Å²) in [5, 5.41) is 2.99. The van der Waals surface area contributed by atoms with Crippen LogP contribution in [-0.2, 0) is 20.6 Å². The lowest BCUT2D eigenvalue weighted by molar-refractivity contribution is -0.126. The number of nitrogens with one attached hydrogen (secondary N) is 1. The van der Waals surface area contributed by atoms with Gasteiger partial charge in [0.05, 0.1) is 18.9 Å². The lowest BCUT2D eigenvalue weighted by Crippen LogP contribution is -2.46. The Labute approximate surface area is 190 Å². The number of carbonyl (C=O) groups is 1. The summed E-state index contributed by atoms with van der Waals surface area (Å²) in [7, 11) is -1.79. The van der Waals surface area contributed by atoms with Gasteiger partial charge in [0.2, 0.25) is 15.9 Å². The molecule has 0 bridgehead atoms. The molecule has 0 aliphatic carbocycles. The third-order valence-electron chi connectivity index (χ3n) is 5.77. The van der Waals surface area contributed by atoms with E-state index in [0.29, 0.717) is 38.3 Å². The van der Waals surface area contributed by atoms with Crippen LogP contribution < -0.4 is 14.8 Å². The minimum atomic E-state index is -3.40. The maximum Gasteiger partial charge on any atom is 0.223 e. The first kappa shape index (κ1) is 24.1. The van der Waals surface area contributed by atoms with Gasteiger partial charge in [0, 0.05) is 19.0 Å². The summed E-state index contributed by atoms with van der Waals surface area (Å²) < 4.78 is 38.0. The number of hydrogen-bond donors (Lipinski definition) is 1. The van der Waals surface area contributed by atoms with E-state index in [1.165, 1.54) is 4.31 Å². The van der Waals surface area contributed by atoms with Crippen molar-refractivity contribution in [1.29, 1.82) is 0 Å². The topological polar surface area (TPSA) is 84.9 Å². The van der Waals surface area contributed by atoms with E-state index < -0.39 is 10.0 Å². The fourth-order valence-electron chi connectivity index (χ4n) is 3.75. The molecule has 32 heavy (non-hydrogen) atoms. The van der Waals surface area contributed by atoms with Gasteiger partial charge >= 0.3 is 0 Å². The molecule has 1 N–H and O–H groups in total. The minimum Gasteiger partial charge on any atom is -0.497 e. The van der Waals surface area contributed by atoms with Gasteiger partial charge in [-0.25, -0.2) is 12.7 Å². The predicted molar refractivity (Wildman–Crippen MR) is 124 cm³/mol. The second-order valence-corrected chi connectivity index (χ2v) is 10.2. The van der Waals surface area contributed by atoms with Crippen molar-refractivity contribution >= 4 is 15.9 Å². The molecule has 0 radical (unpaired) electrons. The van der Waals surface area contributed by atoms with E-state index in [1.54, 1.807) is 7.11 Å². The van der Waals surface area contributed by atoms with E-state index in [-0.39, 0.29) is 23.6 Å². The van der Waals surface area contributed by atoms with E-state index in [2.05, 4.69) is 5.32 Å². The fourth-order valence-corrected chi connectivity index (χ4v) is 5.42. The average molecular weight is 461 g/mol. The first-order chi connectivity index (χ1) is 15.3. The zero-order valence-electron chi connectivity index (χ0n) is 18.9. The van der Waals surface area contributed by atoms with E-state index >= 15 is 0 Å². The summed E-state index contributed by atoms with van der Waals surface area (Å²) in [5.74, 6) is 1.22. The molecule has 2 aromatic rings. The summed E-state index contributed by atoms with van der Waals surface area (Å²) >= 11 is 0. The van der Waals surface area contributed by atoms with Crippen molar-refractivity contribution in [2.75, 3.05) is 26.8 Å². The Bertz CT molecular complexity index is 999. The Morgan fingerprint density at radius 1 is 1.09 bits per heavy atom. The smallest absolute Gasteiger partial charge is 0.223 e. The first-order valence-electron chi connectivity index (χ1n) is 10.9.